The number of rotatable bonds is 5. The number of anilines is 1. The predicted molar refractivity (Wildman–Crippen MR) is 116 cm³/mol. The van der Waals surface area contributed by atoms with E-state index < -0.39 is 15.8 Å². The minimum Gasteiger partial charge on any atom is -0.378 e. The maximum absolute atomic E-state index is 13.6. The van der Waals surface area contributed by atoms with Gasteiger partial charge in [-0.2, -0.15) is 0 Å². The number of benzene rings is 2. The van der Waals surface area contributed by atoms with Crippen molar-refractivity contribution in [2.45, 2.75) is 12.1 Å². The van der Waals surface area contributed by atoms with E-state index in [1.54, 1.807) is 4.90 Å². The molecular weight excluding hydrogens is 421 g/mol. The number of halogens is 1. The van der Waals surface area contributed by atoms with E-state index in [1.165, 1.54) is 23.8 Å². The van der Waals surface area contributed by atoms with Gasteiger partial charge in [-0.3, -0.25) is 14.0 Å². The number of sulfonamides is 1. The van der Waals surface area contributed by atoms with E-state index in [9.17, 15) is 17.6 Å². The second-order valence-electron chi connectivity index (χ2n) is 7.94. The van der Waals surface area contributed by atoms with Crippen molar-refractivity contribution >= 4 is 21.6 Å². The van der Waals surface area contributed by atoms with Crippen molar-refractivity contribution < 1.29 is 22.3 Å². The topological polar surface area (TPSA) is 70.2 Å². The van der Waals surface area contributed by atoms with Gasteiger partial charge in [0.15, 0.2) is 0 Å². The predicted octanol–water partition coefficient (Wildman–Crippen LogP) is 1.88. The molecule has 0 aliphatic carbocycles. The summed E-state index contributed by atoms with van der Waals surface area (Å²) in [4.78, 5) is 17.0. The molecule has 0 saturated carbocycles. The van der Waals surface area contributed by atoms with Gasteiger partial charge in [0.1, 0.15) is 12.4 Å². The summed E-state index contributed by atoms with van der Waals surface area (Å²) >= 11 is 0. The fraction of sp³-hybridized carbons (Fsp3) is 0.409. The van der Waals surface area contributed by atoms with E-state index in [1.807, 2.05) is 18.2 Å². The van der Waals surface area contributed by atoms with Crippen LogP contribution >= 0.6 is 0 Å². The van der Waals surface area contributed by atoms with E-state index in [0.29, 0.717) is 32.8 Å². The van der Waals surface area contributed by atoms with Crippen molar-refractivity contribution in [3.8, 4) is 0 Å². The maximum atomic E-state index is 13.6. The summed E-state index contributed by atoms with van der Waals surface area (Å²) in [5, 5.41) is 0. The summed E-state index contributed by atoms with van der Waals surface area (Å²) in [6, 6.07) is 15.6. The number of ether oxygens (including phenoxy) is 1. The maximum Gasteiger partial charge on any atom is 0.243 e. The lowest BCUT2D eigenvalue weighted by Gasteiger charge is -2.48. The van der Waals surface area contributed by atoms with Gasteiger partial charge in [0.25, 0.3) is 0 Å². The van der Waals surface area contributed by atoms with Crippen LogP contribution in [0.4, 0.5) is 10.1 Å². The molecule has 1 amide bonds. The second-order valence-corrected chi connectivity index (χ2v) is 9.85. The van der Waals surface area contributed by atoms with E-state index >= 15 is 0 Å². The molecular formula is C22H26FN3O4S. The number of nitrogens with zero attached hydrogens (tertiary/aromatic N) is 3. The Bertz CT molecular complexity index is 1030. The van der Waals surface area contributed by atoms with Crippen molar-refractivity contribution in [3.63, 3.8) is 0 Å². The van der Waals surface area contributed by atoms with Crippen LogP contribution in [-0.4, -0.2) is 75.8 Å². The third kappa shape index (κ3) is 4.89. The van der Waals surface area contributed by atoms with Crippen molar-refractivity contribution in [2.24, 2.45) is 0 Å². The molecule has 2 aromatic rings. The molecule has 2 aliphatic rings. The number of hydrogen-bond donors (Lipinski definition) is 0. The van der Waals surface area contributed by atoms with Gasteiger partial charge in [-0.25, -0.2) is 12.8 Å². The Hall–Kier alpha value is -2.49. The minimum atomic E-state index is -3.75. The second kappa shape index (κ2) is 8.94. The normalized spacial score (nSPS) is 22.1. The molecule has 166 valence electrons. The summed E-state index contributed by atoms with van der Waals surface area (Å²) in [5.74, 6) is -0.866. The van der Waals surface area contributed by atoms with Crippen LogP contribution in [0, 0.1) is 5.82 Å². The molecule has 2 saturated heterocycles. The van der Waals surface area contributed by atoms with Gasteiger partial charge in [0.2, 0.25) is 15.9 Å². The SMILES string of the molecule is CS(=O)(=O)N(CC(=O)N1CCN2[C@@H](COC[C@@H]2c2ccccc2)C1)c1cccc(F)c1. The van der Waals surface area contributed by atoms with E-state index in [2.05, 4.69) is 17.0 Å². The largest absolute Gasteiger partial charge is 0.378 e. The standard InChI is InChI=1S/C22H26FN3O4S/c1-31(28,29)26(19-9-5-8-18(23)12-19)14-22(27)24-10-11-25-20(13-24)15-30-16-21(25)17-6-3-2-4-7-17/h2-9,12,20-21H,10-11,13-16H2,1H3/t20-,21-/m1/s1. The molecule has 0 unspecified atom stereocenters. The highest BCUT2D eigenvalue weighted by Gasteiger charge is 2.38. The molecule has 2 atom stereocenters. The molecule has 31 heavy (non-hydrogen) atoms. The van der Waals surface area contributed by atoms with E-state index in [-0.39, 0.29) is 30.2 Å². The first-order chi connectivity index (χ1) is 14.8. The Morgan fingerprint density at radius 1 is 1.13 bits per heavy atom. The number of fused-ring (bicyclic) bond motifs is 1. The van der Waals surface area contributed by atoms with Gasteiger partial charge in [-0.15, -0.1) is 0 Å². The van der Waals surface area contributed by atoms with Crippen LogP contribution < -0.4 is 4.31 Å². The fourth-order valence-corrected chi connectivity index (χ4v) is 5.12. The van der Waals surface area contributed by atoms with Crippen molar-refractivity contribution in [3.05, 3.63) is 66.0 Å². The van der Waals surface area contributed by atoms with Gasteiger partial charge in [-0.1, -0.05) is 36.4 Å². The van der Waals surface area contributed by atoms with Gasteiger partial charge >= 0.3 is 0 Å². The lowest BCUT2D eigenvalue weighted by atomic mass is 10.00. The van der Waals surface area contributed by atoms with Crippen molar-refractivity contribution in [2.75, 3.05) is 50.0 Å². The quantitative estimate of drug-likeness (QED) is 0.700. The molecule has 9 heteroatoms. The van der Waals surface area contributed by atoms with Gasteiger partial charge < -0.3 is 9.64 Å². The molecule has 7 nitrogen and oxygen atoms in total. The number of amides is 1. The highest BCUT2D eigenvalue weighted by atomic mass is 32.2. The molecule has 4 rings (SSSR count). The Balaban J connectivity index is 1.46. The molecule has 0 radical (unpaired) electrons. The van der Waals surface area contributed by atoms with Crippen LogP contribution in [0.3, 0.4) is 0 Å². The molecule has 0 aromatic heterocycles. The number of carbonyl (C=O) groups is 1. The summed E-state index contributed by atoms with van der Waals surface area (Å²) < 4.78 is 45.0. The summed E-state index contributed by atoms with van der Waals surface area (Å²) in [6.45, 7) is 2.40. The molecule has 2 aromatic carbocycles. The monoisotopic (exact) mass is 447 g/mol. The Morgan fingerprint density at radius 2 is 1.90 bits per heavy atom. The number of morpholine rings is 1. The summed E-state index contributed by atoms with van der Waals surface area (Å²) in [6.07, 6.45) is 1.02. The Morgan fingerprint density at radius 3 is 2.61 bits per heavy atom. The van der Waals surface area contributed by atoms with Gasteiger partial charge in [0, 0.05) is 19.6 Å². The molecule has 0 spiro atoms. The smallest absolute Gasteiger partial charge is 0.243 e. The average Bonchev–Trinajstić information content (AvgIpc) is 2.76. The summed E-state index contributed by atoms with van der Waals surface area (Å²) in [7, 11) is -3.75. The van der Waals surface area contributed by atoms with Crippen LogP contribution in [-0.2, 0) is 19.6 Å². The number of carbonyl (C=O) groups excluding carboxylic acids is 1. The first kappa shape index (κ1) is 21.7. The Labute approximate surface area is 182 Å². The zero-order chi connectivity index (χ0) is 22.0. The van der Waals surface area contributed by atoms with E-state index in [0.717, 1.165) is 16.6 Å². The highest BCUT2D eigenvalue weighted by molar-refractivity contribution is 7.92. The van der Waals surface area contributed by atoms with Crippen LogP contribution in [0.2, 0.25) is 0 Å². The zero-order valence-electron chi connectivity index (χ0n) is 17.4. The lowest BCUT2D eigenvalue weighted by molar-refractivity contribution is -0.138. The average molecular weight is 448 g/mol. The fourth-order valence-electron chi connectivity index (χ4n) is 4.28. The highest BCUT2D eigenvalue weighted by Crippen LogP contribution is 2.29. The molecule has 2 aliphatic heterocycles. The van der Waals surface area contributed by atoms with E-state index in [4.69, 9.17) is 4.74 Å². The molecule has 0 bridgehead atoms. The van der Waals surface area contributed by atoms with Crippen molar-refractivity contribution in [1.29, 1.82) is 0 Å². The molecule has 2 fully saturated rings. The van der Waals surface area contributed by atoms with Crippen LogP contribution in [0.1, 0.15) is 11.6 Å². The first-order valence-corrected chi connectivity index (χ1v) is 12.1. The third-order valence-electron chi connectivity index (χ3n) is 5.83. The number of piperazine rings is 1. The Kier molecular flexibility index (Phi) is 6.27. The number of hydrogen-bond acceptors (Lipinski definition) is 5. The molecule has 2 heterocycles. The third-order valence-corrected chi connectivity index (χ3v) is 6.97. The molecule has 0 N–H and O–H groups in total. The van der Waals surface area contributed by atoms with Crippen LogP contribution in [0.5, 0.6) is 0 Å². The lowest BCUT2D eigenvalue weighted by Crippen LogP contribution is -2.61. The van der Waals surface area contributed by atoms with Gasteiger partial charge in [-0.05, 0) is 23.8 Å². The summed E-state index contributed by atoms with van der Waals surface area (Å²) in [5.41, 5.74) is 1.32. The van der Waals surface area contributed by atoms with Crippen molar-refractivity contribution in [1.82, 2.24) is 9.80 Å². The van der Waals surface area contributed by atoms with Crippen LogP contribution in [0.15, 0.2) is 54.6 Å². The minimum absolute atomic E-state index is 0.0394. The van der Waals surface area contributed by atoms with Crippen LogP contribution in [0.25, 0.3) is 0 Å². The van der Waals surface area contributed by atoms with Gasteiger partial charge in [0.05, 0.1) is 37.2 Å². The first-order valence-electron chi connectivity index (χ1n) is 10.2. The zero-order valence-corrected chi connectivity index (χ0v) is 18.2.